The third-order valence-electron chi connectivity index (χ3n) is 5.68. The number of anilines is 1. The Labute approximate surface area is 163 Å². The zero-order valence-corrected chi connectivity index (χ0v) is 17.3. The lowest BCUT2D eigenvalue weighted by atomic mass is 10.0. The number of hydrogen-bond donors (Lipinski definition) is 2. The van der Waals surface area contributed by atoms with Gasteiger partial charge in [0.05, 0.1) is 18.0 Å². The Balaban J connectivity index is 1.70. The van der Waals surface area contributed by atoms with E-state index < -0.39 is 10.0 Å². The van der Waals surface area contributed by atoms with Gasteiger partial charge in [-0.3, -0.25) is 4.79 Å². The molecule has 6 nitrogen and oxygen atoms in total. The smallest absolute Gasteiger partial charge is 0.279 e. The molecule has 1 unspecified atom stereocenters. The first kappa shape index (κ1) is 20.3. The van der Waals surface area contributed by atoms with Crippen molar-refractivity contribution in [2.24, 2.45) is 5.92 Å². The average Bonchev–Trinajstić information content (AvgIpc) is 2.64. The molecule has 2 fully saturated rings. The number of aryl methyl sites for hydroxylation is 1. The molecule has 0 bridgehead atoms. The minimum atomic E-state index is -3.51. The molecule has 2 aliphatic heterocycles. The Morgan fingerprint density at radius 2 is 1.96 bits per heavy atom. The minimum absolute atomic E-state index is 0.0516. The van der Waals surface area contributed by atoms with Crippen LogP contribution in [0, 0.1) is 12.8 Å². The fourth-order valence-corrected chi connectivity index (χ4v) is 5.96. The molecule has 27 heavy (non-hydrogen) atoms. The summed E-state index contributed by atoms with van der Waals surface area (Å²) in [7, 11) is -3.51. The molecular weight excluding hydrogens is 362 g/mol. The number of carbonyl (C=O) groups is 1. The van der Waals surface area contributed by atoms with Gasteiger partial charge in [-0.25, -0.2) is 8.42 Å². The van der Waals surface area contributed by atoms with Crippen LogP contribution in [-0.4, -0.2) is 51.4 Å². The van der Waals surface area contributed by atoms with Crippen LogP contribution < -0.4 is 10.2 Å². The number of amides is 1. The van der Waals surface area contributed by atoms with Gasteiger partial charge in [-0.05, 0) is 50.3 Å². The van der Waals surface area contributed by atoms with Crippen molar-refractivity contribution in [1.29, 1.82) is 0 Å². The van der Waals surface area contributed by atoms with E-state index in [4.69, 9.17) is 0 Å². The number of benzene rings is 1. The largest absolute Gasteiger partial charge is 0.327 e. The number of nitrogens with zero attached hydrogens (tertiary/aromatic N) is 1. The van der Waals surface area contributed by atoms with Gasteiger partial charge in [-0.15, -0.1) is 0 Å². The van der Waals surface area contributed by atoms with Crippen LogP contribution in [0.4, 0.5) is 5.69 Å². The maximum absolute atomic E-state index is 13.0. The number of rotatable bonds is 5. The number of sulfonamides is 1. The van der Waals surface area contributed by atoms with Gasteiger partial charge in [0.1, 0.15) is 0 Å². The third-order valence-corrected chi connectivity index (χ3v) is 7.72. The average molecular weight is 395 g/mol. The van der Waals surface area contributed by atoms with Crippen LogP contribution in [0.25, 0.3) is 0 Å². The van der Waals surface area contributed by atoms with Crippen molar-refractivity contribution < 1.29 is 18.1 Å². The number of carbonyl (C=O) groups excluding carboxylic acids is 1. The van der Waals surface area contributed by atoms with E-state index in [2.05, 4.69) is 12.2 Å². The summed E-state index contributed by atoms with van der Waals surface area (Å²) >= 11 is 0. The lowest BCUT2D eigenvalue weighted by Gasteiger charge is -2.27. The molecule has 150 valence electrons. The SMILES string of the molecule is Cc1ccc(NC(=O)C[NH+]2CCC[C@@H](C)C2)cc1S(=O)(=O)N1CCCCC1. The summed E-state index contributed by atoms with van der Waals surface area (Å²) in [5.41, 5.74) is 1.28. The van der Waals surface area contributed by atoms with Crippen LogP contribution in [0.15, 0.2) is 23.1 Å². The van der Waals surface area contributed by atoms with Gasteiger partial charge in [-0.2, -0.15) is 4.31 Å². The van der Waals surface area contributed by atoms with Crippen molar-refractivity contribution in [2.75, 3.05) is 38.0 Å². The number of nitrogens with one attached hydrogen (secondary N) is 2. The molecule has 2 heterocycles. The molecule has 0 saturated carbocycles. The van der Waals surface area contributed by atoms with Crippen LogP contribution in [0.5, 0.6) is 0 Å². The van der Waals surface area contributed by atoms with E-state index in [9.17, 15) is 13.2 Å². The molecule has 2 saturated heterocycles. The molecule has 2 aliphatic rings. The normalized spacial score (nSPS) is 24.5. The summed E-state index contributed by atoms with van der Waals surface area (Å²) in [6.45, 7) is 7.68. The Kier molecular flexibility index (Phi) is 6.55. The molecule has 1 aromatic carbocycles. The van der Waals surface area contributed by atoms with Crippen molar-refractivity contribution in [3.63, 3.8) is 0 Å². The lowest BCUT2D eigenvalue weighted by molar-refractivity contribution is -0.900. The van der Waals surface area contributed by atoms with Gasteiger partial charge in [0, 0.05) is 24.7 Å². The maximum Gasteiger partial charge on any atom is 0.279 e. The van der Waals surface area contributed by atoms with Gasteiger partial charge in [0.15, 0.2) is 6.54 Å². The second-order valence-electron chi connectivity index (χ2n) is 8.12. The number of piperidine rings is 2. The summed E-state index contributed by atoms with van der Waals surface area (Å²) in [6.07, 6.45) is 5.30. The van der Waals surface area contributed by atoms with Crippen LogP contribution >= 0.6 is 0 Å². The second-order valence-corrected chi connectivity index (χ2v) is 10.0. The van der Waals surface area contributed by atoms with Crippen molar-refractivity contribution in [1.82, 2.24) is 4.31 Å². The first-order valence-corrected chi connectivity index (χ1v) is 11.5. The molecule has 0 aliphatic carbocycles. The van der Waals surface area contributed by atoms with Crippen LogP contribution in [-0.2, 0) is 14.8 Å². The minimum Gasteiger partial charge on any atom is -0.327 e. The van der Waals surface area contributed by atoms with Crippen molar-refractivity contribution in [2.45, 2.75) is 50.8 Å². The van der Waals surface area contributed by atoms with Gasteiger partial charge in [-0.1, -0.05) is 19.4 Å². The fraction of sp³-hybridized carbons (Fsp3) is 0.650. The van der Waals surface area contributed by atoms with Crippen molar-refractivity contribution in [3.8, 4) is 0 Å². The highest BCUT2D eigenvalue weighted by atomic mass is 32.2. The molecule has 0 aromatic heterocycles. The van der Waals surface area contributed by atoms with E-state index in [1.165, 1.54) is 11.3 Å². The highest BCUT2D eigenvalue weighted by Crippen LogP contribution is 2.26. The summed E-state index contributed by atoms with van der Waals surface area (Å²) < 4.78 is 27.6. The van der Waals surface area contributed by atoms with Gasteiger partial charge in [0.25, 0.3) is 5.91 Å². The number of hydrogen-bond acceptors (Lipinski definition) is 3. The Hall–Kier alpha value is -1.44. The van der Waals surface area contributed by atoms with Crippen LogP contribution in [0.3, 0.4) is 0 Å². The Morgan fingerprint density at radius 3 is 2.67 bits per heavy atom. The molecule has 1 aromatic rings. The molecule has 7 heteroatoms. The second kappa shape index (κ2) is 8.71. The predicted molar refractivity (Wildman–Crippen MR) is 106 cm³/mol. The van der Waals surface area contributed by atoms with E-state index in [0.29, 0.717) is 41.7 Å². The molecular formula is C20H32N3O3S+. The summed E-state index contributed by atoms with van der Waals surface area (Å²) in [5.74, 6) is 0.603. The van der Waals surface area contributed by atoms with E-state index in [1.54, 1.807) is 22.5 Å². The van der Waals surface area contributed by atoms with E-state index >= 15 is 0 Å². The van der Waals surface area contributed by atoms with Crippen LogP contribution in [0.1, 0.15) is 44.6 Å². The zero-order chi connectivity index (χ0) is 19.4. The van der Waals surface area contributed by atoms with Gasteiger partial charge in [0.2, 0.25) is 10.0 Å². The van der Waals surface area contributed by atoms with Crippen LogP contribution in [0.2, 0.25) is 0 Å². The highest BCUT2D eigenvalue weighted by Gasteiger charge is 2.28. The maximum atomic E-state index is 13.0. The van der Waals surface area contributed by atoms with E-state index in [-0.39, 0.29) is 5.91 Å². The van der Waals surface area contributed by atoms with Gasteiger partial charge < -0.3 is 10.2 Å². The summed E-state index contributed by atoms with van der Waals surface area (Å²) in [6, 6.07) is 5.18. The Morgan fingerprint density at radius 1 is 1.22 bits per heavy atom. The first-order chi connectivity index (χ1) is 12.9. The molecule has 2 atom stereocenters. The topological polar surface area (TPSA) is 70.9 Å². The summed E-state index contributed by atoms with van der Waals surface area (Å²) in [5, 5.41) is 2.90. The standard InChI is InChI=1S/C20H31N3O3S/c1-16-7-6-10-22(14-16)15-20(24)21-18-9-8-17(2)19(13-18)27(25,26)23-11-4-3-5-12-23/h8-9,13,16H,3-7,10-12,14-15H2,1-2H3,(H,21,24)/p+1/t16-/m1/s1. The Bertz CT molecular complexity index is 773. The quantitative estimate of drug-likeness (QED) is 0.794. The van der Waals surface area contributed by atoms with Gasteiger partial charge >= 0.3 is 0 Å². The van der Waals surface area contributed by atoms with Crippen molar-refractivity contribution >= 4 is 21.6 Å². The van der Waals surface area contributed by atoms with Crippen molar-refractivity contribution in [3.05, 3.63) is 23.8 Å². The van der Waals surface area contributed by atoms with E-state index in [0.717, 1.165) is 38.8 Å². The number of quaternary nitrogens is 1. The highest BCUT2D eigenvalue weighted by molar-refractivity contribution is 7.89. The molecule has 0 spiro atoms. The zero-order valence-electron chi connectivity index (χ0n) is 16.5. The molecule has 3 rings (SSSR count). The molecule has 1 amide bonds. The third kappa shape index (κ3) is 5.09. The molecule has 0 radical (unpaired) electrons. The fourth-order valence-electron chi connectivity index (χ4n) is 4.19. The molecule has 2 N–H and O–H groups in total. The predicted octanol–water partition coefficient (Wildman–Crippen LogP) is 1.42. The monoisotopic (exact) mass is 394 g/mol. The lowest BCUT2D eigenvalue weighted by Crippen LogP contribution is -3.14. The first-order valence-electron chi connectivity index (χ1n) is 10.1. The number of likely N-dealkylation sites (tertiary alicyclic amines) is 1. The summed E-state index contributed by atoms with van der Waals surface area (Å²) in [4.78, 5) is 14.1. The van der Waals surface area contributed by atoms with E-state index in [1.807, 2.05) is 6.92 Å².